The van der Waals surface area contributed by atoms with Gasteiger partial charge in [-0.3, -0.25) is 23.9 Å². The van der Waals surface area contributed by atoms with Gasteiger partial charge in [-0.05, 0) is 35.6 Å². The molecule has 1 aliphatic heterocycles. The number of benzene rings is 1. The van der Waals surface area contributed by atoms with Gasteiger partial charge in [0.2, 0.25) is 5.88 Å². The van der Waals surface area contributed by atoms with Gasteiger partial charge in [-0.2, -0.15) is 5.26 Å². The first-order chi connectivity index (χ1) is 16.8. The Morgan fingerprint density at radius 2 is 1.94 bits per heavy atom. The Kier molecular flexibility index (Phi) is 7.31. The van der Waals surface area contributed by atoms with E-state index in [0.29, 0.717) is 9.23 Å². The number of Topliss-reactive ketones (excluding diaryl/α,β-unsaturated/α-hetero) is 1. The Morgan fingerprint density at radius 3 is 2.60 bits per heavy atom. The minimum Gasteiger partial charge on any atom is -0.494 e. The van der Waals surface area contributed by atoms with E-state index in [1.807, 2.05) is 29.6 Å². The number of carbonyl (C=O) groups is 2. The van der Waals surface area contributed by atoms with E-state index in [0.717, 1.165) is 15.0 Å². The highest BCUT2D eigenvalue weighted by Gasteiger charge is 2.33. The van der Waals surface area contributed by atoms with Gasteiger partial charge in [0.25, 0.3) is 11.5 Å². The van der Waals surface area contributed by atoms with Gasteiger partial charge in [0.05, 0.1) is 17.0 Å². The fraction of sp³-hybridized carbons (Fsp3) is 0.160. The summed E-state index contributed by atoms with van der Waals surface area (Å²) in [7, 11) is 0. The normalized spacial score (nSPS) is 14.5. The Balaban J connectivity index is 1.59. The first-order valence-corrected chi connectivity index (χ1v) is 12.6. The summed E-state index contributed by atoms with van der Waals surface area (Å²) >= 11 is 8.01. The van der Waals surface area contributed by atoms with Crippen molar-refractivity contribution >= 4 is 57.4 Å². The fourth-order valence-electron chi connectivity index (χ4n) is 3.73. The van der Waals surface area contributed by atoms with E-state index in [1.54, 1.807) is 30.3 Å². The van der Waals surface area contributed by atoms with Gasteiger partial charge in [0, 0.05) is 17.8 Å². The number of pyridine rings is 1. The van der Waals surface area contributed by atoms with Crippen LogP contribution in [-0.2, 0) is 11.3 Å². The average Bonchev–Trinajstić information content (AvgIpc) is 3.44. The SMILES string of the molecule is Cc1c(C(=O)CCN2C(=O)/C(=C/c3cccs3)SC2=S)c(O)n(Cc2ccccc2)c(=O)c1C#N. The third kappa shape index (κ3) is 4.98. The Labute approximate surface area is 214 Å². The maximum Gasteiger partial charge on any atom is 0.271 e. The molecular weight excluding hydrogens is 502 g/mol. The number of thioether (sulfide) groups is 1. The number of hydrogen-bond acceptors (Lipinski definition) is 8. The van der Waals surface area contributed by atoms with Crippen molar-refractivity contribution in [3.05, 3.63) is 90.2 Å². The Bertz CT molecular complexity index is 1450. The molecule has 0 spiro atoms. The molecule has 7 nitrogen and oxygen atoms in total. The predicted molar refractivity (Wildman–Crippen MR) is 141 cm³/mol. The summed E-state index contributed by atoms with van der Waals surface area (Å²) < 4.78 is 1.37. The molecule has 4 rings (SSSR count). The van der Waals surface area contributed by atoms with Crippen molar-refractivity contribution in [3.63, 3.8) is 0 Å². The molecule has 3 aromatic rings. The van der Waals surface area contributed by atoms with E-state index in [-0.39, 0.29) is 42.1 Å². The van der Waals surface area contributed by atoms with Gasteiger partial charge in [-0.25, -0.2) is 0 Å². The number of thiocarbonyl (C=S) groups is 1. The molecule has 3 heterocycles. The van der Waals surface area contributed by atoms with Crippen LogP contribution in [0.2, 0.25) is 0 Å². The molecule has 1 fully saturated rings. The van der Waals surface area contributed by atoms with Crippen LogP contribution in [0.25, 0.3) is 6.08 Å². The molecule has 1 saturated heterocycles. The third-order valence-corrected chi connectivity index (χ3v) is 7.71. The zero-order valence-electron chi connectivity index (χ0n) is 18.6. The summed E-state index contributed by atoms with van der Waals surface area (Å²) in [4.78, 5) is 41.6. The second kappa shape index (κ2) is 10.4. The van der Waals surface area contributed by atoms with E-state index in [1.165, 1.54) is 34.9 Å². The maximum absolute atomic E-state index is 13.2. The molecule has 0 radical (unpaired) electrons. The minimum absolute atomic E-state index is 0.00293. The Hall–Kier alpha value is -3.52. The molecule has 1 aliphatic rings. The summed E-state index contributed by atoms with van der Waals surface area (Å²) in [5, 5.41) is 22.4. The largest absolute Gasteiger partial charge is 0.494 e. The number of thiophene rings is 1. The number of aromatic nitrogens is 1. The van der Waals surface area contributed by atoms with Crippen LogP contribution in [0.5, 0.6) is 5.88 Å². The molecule has 0 unspecified atom stereocenters. The van der Waals surface area contributed by atoms with Crippen molar-refractivity contribution in [3.8, 4) is 11.9 Å². The topological polar surface area (TPSA) is 103 Å². The van der Waals surface area contributed by atoms with Crippen LogP contribution in [0.1, 0.15) is 38.3 Å². The van der Waals surface area contributed by atoms with E-state index >= 15 is 0 Å². The summed E-state index contributed by atoms with van der Waals surface area (Å²) in [6.07, 6.45) is 1.63. The van der Waals surface area contributed by atoms with E-state index in [4.69, 9.17) is 12.2 Å². The van der Waals surface area contributed by atoms with Crippen molar-refractivity contribution in [2.75, 3.05) is 6.54 Å². The number of aromatic hydroxyl groups is 1. The highest BCUT2D eigenvalue weighted by molar-refractivity contribution is 8.26. The number of nitriles is 1. The molecule has 0 bridgehead atoms. The van der Waals surface area contributed by atoms with Crippen molar-refractivity contribution in [1.29, 1.82) is 5.26 Å². The van der Waals surface area contributed by atoms with Crippen LogP contribution >= 0.6 is 35.3 Å². The zero-order chi connectivity index (χ0) is 25.1. The van der Waals surface area contributed by atoms with Gasteiger partial charge in [0.1, 0.15) is 16.0 Å². The van der Waals surface area contributed by atoms with Crippen LogP contribution < -0.4 is 5.56 Å². The molecule has 0 aliphatic carbocycles. The van der Waals surface area contributed by atoms with Crippen molar-refractivity contribution in [2.45, 2.75) is 19.9 Å². The van der Waals surface area contributed by atoms with Gasteiger partial charge in [-0.15, -0.1) is 11.3 Å². The molecule has 0 atom stereocenters. The van der Waals surface area contributed by atoms with Gasteiger partial charge < -0.3 is 5.11 Å². The van der Waals surface area contributed by atoms with Crippen LogP contribution in [0, 0.1) is 18.3 Å². The summed E-state index contributed by atoms with van der Waals surface area (Å²) in [5.41, 5.74) is -0.125. The summed E-state index contributed by atoms with van der Waals surface area (Å²) in [5.74, 6) is -1.27. The molecule has 0 saturated carbocycles. The van der Waals surface area contributed by atoms with Gasteiger partial charge in [0.15, 0.2) is 5.78 Å². The van der Waals surface area contributed by atoms with Crippen LogP contribution in [0.15, 0.2) is 57.5 Å². The number of rotatable bonds is 7. The molecule has 2 aromatic heterocycles. The zero-order valence-corrected chi connectivity index (χ0v) is 21.0. The maximum atomic E-state index is 13.2. The highest BCUT2D eigenvalue weighted by atomic mass is 32.2. The first kappa shape index (κ1) is 24.6. The molecule has 10 heteroatoms. The van der Waals surface area contributed by atoms with Crippen molar-refractivity contribution in [2.24, 2.45) is 0 Å². The van der Waals surface area contributed by atoms with E-state index in [2.05, 4.69) is 0 Å². The van der Waals surface area contributed by atoms with Gasteiger partial charge in [-0.1, -0.05) is 60.4 Å². The fourth-order valence-corrected chi connectivity index (χ4v) is 5.76. The van der Waals surface area contributed by atoms with Crippen LogP contribution in [0.3, 0.4) is 0 Å². The third-order valence-electron chi connectivity index (χ3n) is 5.52. The summed E-state index contributed by atoms with van der Waals surface area (Å²) in [6.45, 7) is 1.48. The smallest absolute Gasteiger partial charge is 0.271 e. The lowest BCUT2D eigenvalue weighted by Crippen LogP contribution is -2.31. The lowest BCUT2D eigenvalue weighted by molar-refractivity contribution is -0.122. The molecule has 176 valence electrons. The van der Waals surface area contributed by atoms with Crippen LogP contribution in [-0.4, -0.2) is 37.1 Å². The number of nitrogens with zero attached hydrogens (tertiary/aromatic N) is 3. The Morgan fingerprint density at radius 1 is 1.20 bits per heavy atom. The standard InChI is InChI=1S/C25H19N3O4S3/c1-15-18(13-26)22(30)28(14-16-6-3-2-4-7-16)24(32)21(15)19(29)9-10-27-23(31)20(35-25(27)33)12-17-8-5-11-34-17/h2-8,11-12,32H,9-10,14H2,1H3/b20-12-. The summed E-state index contributed by atoms with van der Waals surface area (Å²) in [6, 6.07) is 14.6. The molecule has 35 heavy (non-hydrogen) atoms. The number of amides is 1. The highest BCUT2D eigenvalue weighted by Crippen LogP contribution is 2.34. The van der Waals surface area contributed by atoms with Crippen molar-refractivity contribution in [1.82, 2.24) is 9.47 Å². The predicted octanol–water partition coefficient (Wildman–Crippen LogP) is 4.32. The number of ketones is 1. The monoisotopic (exact) mass is 521 g/mol. The lowest BCUT2D eigenvalue weighted by atomic mass is 9.99. The lowest BCUT2D eigenvalue weighted by Gasteiger charge is -2.17. The number of carbonyl (C=O) groups excluding carboxylic acids is 2. The molecule has 1 aromatic carbocycles. The first-order valence-electron chi connectivity index (χ1n) is 10.5. The molecule has 1 amide bonds. The quantitative estimate of drug-likeness (QED) is 0.281. The second-order valence-corrected chi connectivity index (χ2v) is 10.4. The van der Waals surface area contributed by atoms with Gasteiger partial charge >= 0.3 is 0 Å². The van der Waals surface area contributed by atoms with Crippen LogP contribution in [0.4, 0.5) is 0 Å². The van der Waals surface area contributed by atoms with E-state index in [9.17, 15) is 24.8 Å². The van der Waals surface area contributed by atoms with E-state index < -0.39 is 17.2 Å². The molecular formula is C25H19N3O4S3. The number of hydrogen-bond donors (Lipinski definition) is 1. The average molecular weight is 522 g/mol. The second-order valence-electron chi connectivity index (χ2n) is 7.71. The minimum atomic E-state index is -0.668. The van der Waals surface area contributed by atoms with Crippen molar-refractivity contribution < 1.29 is 14.7 Å². The molecule has 1 N–H and O–H groups in total.